The van der Waals surface area contributed by atoms with Crippen molar-refractivity contribution in [1.82, 2.24) is 4.98 Å². The Balaban J connectivity index is 2.92. The van der Waals surface area contributed by atoms with Gasteiger partial charge in [-0.3, -0.25) is 4.98 Å². The van der Waals surface area contributed by atoms with Crippen LogP contribution in [0.4, 0.5) is 8.78 Å². The second-order valence-corrected chi connectivity index (χ2v) is 3.54. The van der Waals surface area contributed by atoms with E-state index in [0.717, 1.165) is 12.3 Å². The van der Waals surface area contributed by atoms with E-state index in [4.69, 9.17) is 5.11 Å². The highest BCUT2D eigenvalue weighted by Crippen LogP contribution is 2.28. The van der Waals surface area contributed by atoms with E-state index in [1.807, 2.05) is 0 Å². The van der Waals surface area contributed by atoms with Crippen LogP contribution in [-0.4, -0.2) is 10.1 Å². The van der Waals surface area contributed by atoms with Gasteiger partial charge in [-0.1, -0.05) is 0 Å². The molecule has 0 spiro atoms. The number of fused-ring (bicyclic) bond motifs is 1. The zero-order valence-corrected chi connectivity index (χ0v) is 8.35. The van der Waals surface area contributed by atoms with E-state index in [1.165, 1.54) is 6.07 Å². The Bertz CT molecular complexity index is 516. The van der Waals surface area contributed by atoms with Gasteiger partial charge in [0.2, 0.25) is 0 Å². The Morgan fingerprint density at radius 1 is 1.29 bits per heavy atom. The fourth-order valence-electron chi connectivity index (χ4n) is 1.16. The van der Waals surface area contributed by atoms with E-state index in [1.54, 1.807) is 0 Å². The maximum Gasteiger partial charge on any atom is 0.149 e. The van der Waals surface area contributed by atoms with E-state index in [-0.39, 0.29) is 21.1 Å². The van der Waals surface area contributed by atoms with Gasteiger partial charge in [-0.2, -0.15) is 0 Å². The zero-order valence-electron chi connectivity index (χ0n) is 6.76. The van der Waals surface area contributed by atoms with Gasteiger partial charge in [0.1, 0.15) is 17.4 Å². The Morgan fingerprint density at radius 2 is 2.00 bits per heavy atom. The molecule has 0 saturated heterocycles. The number of benzene rings is 1. The molecule has 0 bridgehead atoms. The number of hydrogen-bond acceptors (Lipinski definition) is 2. The van der Waals surface area contributed by atoms with Gasteiger partial charge in [0.05, 0.1) is 16.2 Å². The maximum atomic E-state index is 13.4. The van der Waals surface area contributed by atoms with Crippen molar-refractivity contribution < 1.29 is 13.9 Å². The topological polar surface area (TPSA) is 33.1 Å². The summed E-state index contributed by atoms with van der Waals surface area (Å²) < 4.78 is 26.2. The minimum atomic E-state index is -0.761. The quantitative estimate of drug-likeness (QED) is 0.738. The summed E-state index contributed by atoms with van der Waals surface area (Å²) in [4.78, 5) is 3.69. The van der Waals surface area contributed by atoms with Gasteiger partial charge >= 0.3 is 0 Å². The Hall–Kier alpha value is -1.23. The normalized spacial score (nSPS) is 10.8. The molecule has 1 aromatic carbocycles. The predicted molar refractivity (Wildman–Crippen MR) is 51.0 cm³/mol. The van der Waals surface area contributed by atoms with Crippen LogP contribution in [0.1, 0.15) is 0 Å². The molecule has 1 aromatic heterocycles. The molecule has 1 N–H and O–H groups in total. The minimum Gasteiger partial charge on any atom is -0.506 e. The van der Waals surface area contributed by atoms with E-state index < -0.39 is 11.6 Å². The van der Waals surface area contributed by atoms with E-state index in [0.29, 0.717) is 0 Å². The first-order valence-electron chi connectivity index (χ1n) is 3.72. The van der Waals surface area contributed by atoms with Gasteiger partial charge in [-0.15, -0.1) is 0 Å². The third-order valence-corrected chi connectivity index (χ3v) is 2.53. The van der Waals surface area contributed by atoms with Gasteiger partial charge in [0.25, 0.3) is 0 Å². The van der Waals surface area contributed by atoms with Crippen molar-refractivity contribution in [3.05, 3.63) is 34.4 Å². The lowest BCUT2D eigenvalue weighted by Crippen LogP contribution is -1.89. The van der Waals surface area contributed by atoms with Crippen molar-refractivity contribution in [2.75, 3.05) is 0 Å². The van der Waals surface area contributed by atoms with Gasteiger partial charge < -0.3 is 5.11 Å². The summed E-state index contributed by atoms with van der Waals surface area (Å²) in [7, 11) is 0. The molecule has 0 aliphatic rings. The van der Waals surface area contributed by atoms with Crippen LogP contribution in [-0.2, 0) is 0 Å². The Kier molecular flexibility index (Phi) is 2.11. The molecule has 5 heteroatoms. The number of rotatable bonds is 0. The molecule has 0 amide bonds. The fourth-order valence-corrected chi connectivity index (χ4v) is 1.49. The van der Waals surface area contributed by atoms with Crippen LogP contribution in [0.5, 0.6) is 5.75 Å². The summed E-state index contributed by atoms with van der Waals surface area (Å²) in [6.45, 7) is 0. The lowest BCUT2D eigenvalue weighted by molar-refractivity contribution is 0.473. The van der Waals surface area contributed by atoms with Crippen LogP contribution in [0.15, 0.2) is 22.8 Å². The molecule has 0 unspecified atom stereocenters. The smallest absolute Gasteiger partial charge is 0.149 e. The van der Waals surface area contributed by atoms with Crippen molar-refractivity contribution >= 4 is 26.8 Å². The highest BCUT2D eigenvalue weighted by atomic mass is 79.9. The minimum absolute atomic E-state index is 0.0817. The molecular weight excluding hydrogens is 256 g/mol. The average molecular weight is 260 g/mol. The Labute approximate surface area is 86.3 Å². The first-order valence-corrected chi connectivity index (χ1v) is 4.51. The molecule has 0 radical (unpaired) electrons. The standard InChI is InChI=1S/C9H4BrF2NO/c10-8-6(11)2-7-5(9(8)12)1-4(14)3-13-7/h1-3,14H. The van der Waals surface area contributed by atoms with Crippen molar-refractivity contribution in [2.24, 2.45) is 0 Å². The third kappa shape index (κ3) is 1.33. The molecule has 0 aliphatic heterocycles. The second kappa shape index (κ2) is 3.16. The number of halogens is 3. The molecule has 72 valence electrons. The van der Waals surface area contributed by atoms with Crippen LogP contribution >= 0.6 is 15.9 Å². The lowest BCUT2D eigenvalue weighted by atomic mass is 10.2. The average Bonchev–Trinajstić information content (AvgIpc) is 2.16. The van der Waals surface area contributed by atoms with Crippen molar-refractivity contribution in [3.63, 3.8) is 0 Å². The van der Waals surface area contributed by atoms with Gasteiger partial charge in [0, 0.05) is 11.5 Å². The molecule has 2 nitrogen and oxygen atoms in total. The van der Waals surface area contributed by atoms with Crippen molar-refractivity contribution in [1.29, 1.82) is 0 Å². The summed E-state index contributed by atoms with van der Waals surface area (Å²) in [6, 6.07) is 2.30. The number of pyridine rings is 1. The van der Waals surface area contributed by atoms with E-state index in [9.17, 15) is 8.78 Å². The molecule has 0 fully saturated rings. The summed E-state index contributed by atoms with van der Waals surface area (Å²) in [6.07, 6.45) is 1.13. The van der Waals surface area contributed by atoms with E-state index in [2.05, 4.69) is 20.9 Å². The molecule has 0 aliphatic carbocycles. The number of aromatic hydroxyl groups is 1. The fraction of sp³-hybridized carbons (Fsp3) is 0. The molecular formula is C9H4BrF2NO. The molecule has 2 rings (SSSR count). The van der Waals surface area contributed by atoms with Gasteiger partial charge in [-0.05, 0) is 22.0 Å². The molecule has 2 aromatic rings. The van der Waals surface area contributed by atoms with Crippen LogP contribution in [0.25, 0.3) is 10.9 Å². The van der Waals surface area contributed by atoms with Crippen LogP contribution in [0.3, 0.4) is 0 Å². The highest BCUT2D eigenvalue weighted by Gasteiger charge is 2.12. The van der Waals surface area contributed by atoms with Crippen molar-refractivity contribution in [2.45, 2.75) is 0 Å². The molecule has 0 saturated carbocycles. The highest BCUT2D eigenvalue weighted by molar-refractivity contribution is 9.10. The summed E-state index contributed by atoms with van der Waals surface area (Å²) in [5.41, 5.74) is 0.168. The van der Waals surface area contributed by atoms with Gasteiger partial charge in [-0.25, -0.2) is 8.78 Å². The molecule has 1 heterocycles. The zero-order chi connectivity index (χ0) is 10.3. The summed E-state index contributed by atoms with van der Waals surface area (Å²) in [5, 5.41) is 9.16. The number of nitrogens with zero attached hydrogens (tertiary/aromatic N) is 1. The number of aromatic nitrogens is 1. The monoisotopic (exact) mass is 259 g/mol. The van der Waals surface area contributed by atoms with E-state index >= 15 is 0 Å². The van der Waals surface area contributed by atoms with Crippen LogP contribution in [0, 0.1) is 11.6 Å². The van der Waals surface area contributed by atoms with Gasteiger partial charge in [0.15, 0.2) is 0 Å². The summed E-state index contributed by atoms with van der Waals surface area (Å²) >= 11 is 2.77. The molecule has 0 atom stereocenters. The Morgan fingerprint density at radius 3 is 2.71 bits per heavy atom. The first-order chi connectivity index (χ1) is 6.59. The lowest BCUT2D eigenvalue weighted by Gasteiger charge is -2.02. The van der Waals surface area contributed by atoms with Crippen molar-refractivity contribution in [3.8, 4) is 5.75 Å². The van der Waals surface area contributed by atoms with Crippen LogP contribution < -0.4 is 0 Å². The predicted octanol–water partition coefficient (Wildman–Crippen LogP) is 2.98. The SMILES string of the molecule is Oc1cnc2cc(F)c(Br)c(F)c2c1. The van der Waals surface area contributed by atoms with Crippen LogP contribution in [0.2, 0.25) is 0 Å². The largest absolute Gasteiger partial charge is 0.506 e. The maximum absolute atomic E-state index is 13.4. The third-order valence-electron chi connectivity index (χ3n) is 1.81. The first kappa shape index (κ1) is 9.33. The molecule has 14 heavy (non-hydrogen) atoms. The second-order valence-electron chi connectivity index (χ2n) is 2.75. The number of hydrogen-bond donors (Lipinski definition) is 1. The summed E-state index contributed by atoms with van der Waals surface area (Å²) in [5.74, 6) is -1.63.